The first kappa shape index (κ1) is 22.8. The number of esters is 2. The summed E-state index contributed by atoms with van der Waals surface area (Å²) in [6, 6.07) is 7.47. The summed E-state index contributed by atoms with van der Waals surface area (Å²) in [5.74, 6) is 0.332. The molecule has 0 saturated carbocycles. The second-order valence-corrected chi connectivity index (χ2v) is 8.54. The van der Waals surface area contributed by atoms with Gasteiger partial charge in [0.2, 0.25) is 0 Å². The van der Waals surface area contributed by atoms with Gasteiger partial charge in [-0.25, -0.2) is 9.59 Å². The van der Waals surface area contributed by atoms with E-state index < -0.39 is 11.9 Å². The lowest BCUT2D eigenvalue weighted by Crippen LogP contribution is -2.21. The Bertz CT molecular complexity index is 1050. The number of hydrogen-bond acceptors (Lipinski definition) is 5. The Kier molecular flexibility index (Phi) is 6.96. The Labute approximate surface area is 183 Å². The van der Waals surface area contributed by atoms with Crippen LogP contribution in [0.5, 0.6) is 11.5 Å². The van der Waals surface area contributed by atoms with E-state index in [0.29, 0.717) is 52.4 Å². The zero-order valence-corrected chi connectivity index (χ0v) is 18.7. The fourth-order valence-electron chi connectivity index (χ4n) is 3.70. The third-order valence-electron chi connectivity index (χ3n) is 5.19. The zero-order chi connectivity index (χ0) is 22.7. The smallest absolute Gasteiger partial charge is 0.338 e. The number of carbonyl (C=O) groups is 2. The minimum atomic E-state index is -0.493. The van der Waals surface area contributed by atoms with Gasteiger partial charge in [0, 0.05) is 39.7 Å². The van der Waals surface area contributed by atoms with Gasteiger partial charge in [-0.05, 0) is 39.0 Å². The molecule has 0 radical (unpaired) electrons. The molecule has 1 aliphatic rings. The van der Waals surface area contributed by atoms with Crippen molar-refractivity contribution in [3.63, 3.8) is 0 Å². The molecule has 1 atom stereocenters. The largest absolute Gasteiger partial charge is 0.422 e. The summed E-state index contributed by atoms with van der Waals surface area (Å²) in [6.07, 6.45) is 2.10. The Hall–Kier alpha value is -2.92. The summed E-state index contributed by atoms with van der Waals surface area (Å²) in [5.41, 5.74) is 2.26. The van der Waals surface area contributed by atoms with E-state index in [1.807, 2.05) is 24.3 Å². The molecule has 2 aromatic carbocycles. The Morgan fingerprint density at radius 2 is 1.55 bits per heavy atom. The Morgan fingerprint density at radius 1 is 1.00 bits per heavy atom. The summed E-state index contributed by atoms with van der Waals surface area (Å²) in [5, 5.41) is 1.41. The fraction of sp³-hybridized carbons (Fsp3) is 0.385. The van der Waals surface area contributed by atoms with Crippen molar-refractivity contribution in [2.75, 3.05) is 6.61 Å². The van der Waals surface area contributed by atoms with Crippen LogP contribution in [0.2, 0.25) is 0 Å². The van der Waals surface area contributed by atoms with Gasteiger partial charge >= 0.3 is 11.9 Å². The highest BCUT2D eigenvalue weighted by molar-refractivity contribution is 6.01. The van der Waals surface area contributed by atoms with Gasteiger partial charge in [0.1, 0.15) is 11.5 Å². The van der Waals surface area contributed by atoms with Crippen LogP contribution in [0.25, 0.3) is 10.8 Å². The highest BCUT2D eigenvalue weighted by Crippen LogP contribution is 2.49. The quantitative estimate of drug-likeness (QED) is 0.318. The number of benzene rings is 2. The topological polar surface area (TPSA) is 61.8 Å². The van der Waals surface area contributed by atoms with Gasteiger partial charge in [-0.15, -0.1) is 0 Å². The van der Waals surface area contributed by atoms with Crippen molar-refractivity contribution in [1.29, 1.82) is 0 Å². The molecule has 0 fully saturated rings. The first-order valence-electron chi connectivity index (χ1n) is 10.6. The molecule has 0 bridgehead atoms. The molecule has 1 aliphatic carbocycles. The van der Waals surface area contributed by atoms with Crippen LogP contribution in [-0.2, 0) is 20.7 Å². The number of carbonyl (C=O) groups excluding carboxylic acids is 2. The van der Waals surface area contributed by atoms with Crippen molar-refractivity contribution >= 4 is 22.7 Å². The maximum atomic E-state index is 12.5. The molecular weight excluding hydrogens is 392 g/mol. The molecule has 1 unspecified atom stereocenters. The molecule has 0 aromatic heterocycles. The standard InChI is InChI=1S/C26H30O5/c1-15(2)14-29-21-13-9-12-20-22(21)24(31-26(28)17(5)6)19-11-8-7-10-18(19)23(20)30-25(27)16(3)4/h7-8,10-11,15,21H,3,5,9,12-14H2,1-2,4,6H3. The lowest BCUT2D eigenvalue weighted by atomic mass is 9.85. The number of fused-ring (bicyclic) bond motifs is 2. The molecule has 0 heterocycles. The molecule has 5 heteroatoms. The minimum absolute atomic E-state index is 0.258. The SMILES string of the molecule is C=C(C)C(=O)Oc1c2c(c(OC(=O)C(=C)C)c3ccccc13)C(OCC(C)C)CCC2. The number of ether oxygens (including phenoxy) is 3. The third kappa shape index (κ3) is 4.88. The zero-order valence-electron chi connectivity index (χ0n) is 18.7. The molecule has 3 rings (SSSR count). The van der Waals surface area contributed by atoms with Gasteiger partial charge in [-0.2, -0.15) is 0 Å². The van der Waals surface area contributed by atoms with Crippen molar-refractivity contribution in [2.45, 2.75) is 53.1 Å². The van der Waals surface area contributed by atoms with E-state index in [2.05, 4.69) is 27.0 Å². The Balaban J connectivity index is 2.28. The highest BCUT2D eigenvalue weighted by atomic mass is 16.5. The lowest BCUT2D eigenvalue weighted by molar-refractivity contribution is -0.131. The van der Waals surface area contributed by atoms with E-state index >= 15 is 0 Å². The summed E-state index contributed by atoms with van der Waals surface area (Å²) in [4.78, 5) is 24.9. The molecule has 0 aliphatic heterocycles. The van der Waals surface area contributed by atoms with Crippen molar-refractivity contribution < 1.29 is 23.8 Å². The van der Waals surface area contributed by atoms with Crippen LogP contribution in [0, 0.1) is 5.92 Å². The molecule has 0 saturated heterocycles. The Morgan fingerprint density at radius 3 is 2.10 bits per heavy atom. The molecule has 164 valence electrons. The third-order valence-corrected chi connectivity index (χ3v) is 5.19. The number of hydrogen-bond donors (Lipinski definition) is 0. The van der Waals surface area contributed by atoms with Gasteiger partial charge in [0.15, 0.2) is 0 Å². The van der Waals surface area contributed by atoms with Gasteiger partial charge < -0.3 is 14.2 Å². The van der Waals surface area contributed by atoms with Crippen molar-refractivity contribution in [1.82, 2.24) is 0 Å². The second-order valence-electron chi connectivity index (χ2n) is 8.54. The summed E-state index contributed by atoms with van der Waals surface area (Å²) in [7, 11) is 0. The maximum Gasteiger partial charge on any atom is 0.338 e. The van der Waals surface area contributed by atoms with Crippen LogP contribution >= 0.6 is 0 Å². The van der Waals surface area contributed by atoms with Crippen molar-refractivity contribution in [3.05, 3.63) is 59.7 Å². The monoisotopic (exact) mass is 422 g/mol. The first-order chi connectivity index (χ1) is 14.7. The van der Waals surface area contributed by atoms with Crippen molar-refractivity contribution in [3.8, 4) is 11.5 Å². The van der Waals surface area contributed by atoms with Gasteiger partial charge in [-0.1, -0.05) is 51.3 Å². The van der Waals surface area contributed by atoms with Crippen LogP contribution in [0.15, 0.2) is 48.6 Å². The summed E-state index contributed by atoms with van der Waals surface area (Å²) in [6.45, 7) is 15.4. The van der Waals surface area contributed by atoms with Gasteiger partial charge in [-0.3, -0.25) is 0 Å². The van der Waals surface area contributed by atoms with E-state index in [9.17, 15) is 9.59 Å². The molecule has 0 spiro atoms. The average molecular weight is 423 g/mol. The van der Waals surface area contributed by atoms with Gasteiger partial charge in [0.25, 0.3) is 0 Å². The van der Waals surface area contributed by atoms with E-state index in [0.717, 1.165) is 24.0 Å². The van der Waals surface area contributed by atoms with Crippen LogP contribution in [0.3, 0.4) is 0 Å². The average Bonchev–Trinajstić information content (AvgIpc) is 2.73. The maximum absolute atomic E-state index is 12.5. The molecule has 0 amide bonds. The molecule has 5 nitrogen and oxygen atoms in total. The van der Waals surface area contributed by atoms with E-state index in [-0.39, 0.29) is 6.10 Å². The molecule has 31 heavy (non-hydrogen) atoms. The summed E-state index contributed by atoms with van der Waals surface area (Å²) >= 11 is 0. The molecule has 0 N–H and O–H groups in total. The predicted octanol–water partition coefficient (Wildman–Crippen LogP) is 5.85. The second kappa shape index (κ2) is 9.48. The van der Waals surface area contributed by atoms with E-state index in [4.69, 9.17) is 14.2 Å². The minimum Gasteiger partial charge on any atom is -0.422 e. The van der Waals surface area contributed by atoms with Crippen LogP contribution in [-0.4, -0.2) is 18.5 Å². The van der Waals surface area contributed by atoms with Gasteiger partial charge in [0.05, 0.1) is 6.10 Å². The normalized spacial score (nSPS) is 15.5. The summed E-state index contributed by atoms with van der Waals surface area (Å²) < 4.78 is 17.9. The predicted molar refractivity (Wildman–Crippen MR) is 121 cm³/mol. The first-order valence-corrected chi connectivity index (χ1v) is 10.6. The van der Waals surface area contributed by atoms with Crippen LogP contribution in [0.1, 0.15) is 57.8 Å². The van der Waals surface area contributed by atoms with E-state index in [1.165, 1.54) is 0 Å². The molecule has 2 aromatic rings. The lowest BCUT2D eigenvalue weighted by Gasteiger charge is -2.31. The van der Waals surface area contributed by atoms with Crippen LogP contribution in [0.4, 0.5) is 0 Å². The number of rotatable bonds is 7. The van der Waals surface area contributed by atoms with E-state index in [1.54, 1.807) is 13.8 Å². The van der Waals surface area contributed by atoms with Crippen molar-refractivity contribution in [2.24, 2.45) is 5.92 Å². The molecular formula is C26H30O5. The van der Waals surface area contributed by atoms with Crippen LogP contribution < -0.4 is 9.47 Å². The highest BCUT2D eigenvalue weighted by Gasteiger charge is 2.32. The fourth-order valence-corrected chi connectivity index (χ4v) is 3.70.